The summed E-state index contributed by atoms with van der Waals surface area (Å²) < 4.78 is 13.0. The summed E-state index contributed by atoms with van der Waals surface area (Å²) in [6.07, 6.45) is -1.25. The zero-order valence-electron chi connectivity index (χ0n) is 10.9. The smallest absolute Gasteiger partial charge is 0.544 e. The van der Waals surface area contributed by atoms with Gasteiger partial charge < -0.3 is 20.5 Å². The van der Waals surface area contributed by atoms with Gasteiger partial charge in [0.1, 0.15) is 12.0 Å². The van der Waals surface area contributed by atoms with E-state index in [1.807, 2.05) is 0 Å². The number of nitrogens with zero attached hydrogens (tertiary/aromatic N) is 2. The van der Waals surface area contributed by atoms with Crippen LogP contribution in [-0.2, 0) is 14.4 Å². The fourth-order valence-corrected chi connectivity index (χ4v) is 2.24. The second-order valence-corrected chi connectivity index (χ2v) is 4.28. The minimum atomic E-state index is -2.76. The van der Waals surface area contributed by atoms with E-state index in [9.17, 15) is 23.9 Å². The SMILES string of the molecule is CC1=C[C@@H]2CN(C(=O)N2O[C@H](F)C(=O)[O-])[C@@H]1C(N)=O.[Li+]. The number of amides is 3. The Balaban J connectivity index is 0.00000200. The standard InChI is InChI=1S/C10H12FN3O5.Li/c1-4-2-5-3-13(6(4)8(12)15)10(18)14(5)19-7(11)9(16)17;/h2,5-7H,3H2,1H3,(H2,12,15)(H,16,17);/q;+1/p-1/t5-,6+,7+;/m1./s1. The van der Waals surface area contributed by atoms with Crippen LogP contribution in [-0.4, -0.2) is 52.9 Å². The number of carbonyl (C=O) groups excluding carboxylic acids is 3. The second-order valence-electron chi connectivity index (χ2n) is 4.28. The summed E-state index contributed by atoms with van der Waals surface area (Å²) in [5.41, 5.74) is 5.71. The van der Waals surface area contributed by atoms with Crippen LogP contribution < -0.4 is 29.7 Å². The molecule has 2 aliphatic heterocycles. The minimum Gasteiger partial charge on any atom is -0.544 e. The average Bonchev–Trinajstić information content (AvgIpc) is 2.54. The Labute approximate surface area is 125 Å². The number of alkyl halides is 1. The Bertz CT molecular complexity index is 486. The monoisotopic (exact) mass is 279 g/mol. The van der Waals surface area contributed by atoms with Gasteiger partial charge in [0.05, 0.1) is 12.6 Å². The summed E-state index contributed by atoms with van der Waals surface area (Å²) in [6.45, 7) is 1.67. The van der Waals surface area contributed by atoms with Crippen LogP contribution in [0.25, 0.3) is 0 Å². The van der Waals surface area contributed by atoms with E-state index in [4.69, 9.17) is 5.73 Å². The molecule has 0 aromatic rings. The van der Waals surface area contributed by atoms with Gasteiger partial charge in [-0.3, -0.25) is 4.79 Å². The van der Waals surface area contributed by atoms with E-state index >= 15 is 0 Å². The Morgan fingerprint density at radius 2 is 2.20 bits per heavy atom. The van der Waals surface area contributed by atoms with Gasteiger partial charge in [-0.2, -0.15) is 5.06 Å². The largest absolute Gasteiger partial charge is 1.00 e. The molecule has 0 saturated carbocycles. The van der Waals surface area contributed by atoms with E-state index in [0.29, 0.717) is 10.6 Å². The molecule has 1 fully saturated rings. The summed E-state index contributed by atoms with van der Waals surface area (Å²) in [7, 11) is 0. The molecule has 0 aliphatic carbocycles. The van der Waals surface area contributed by atoms with Crippen LogP contribution in [0.5, 0.6) is 0 Å². The van der Waals surface area contributed by atoms with Crippen molar-refractivity contribution < 1.29 is 47.6 Å². The van der Waals surface area contributed by atoms with Crippen molar-refractivity contribution in [3.8, 4) is 0 Å². The molecule has 0 aromatic carbocycles. The van der Waals surface area contributed by atoms with Gasteiger partial charge in [0.15, 0.2) is 0 Å². The maximum absolute atomic E-state index is 13.0. The number of fused-ring (bicyclic) bond motifs is 2. The van der Waals surface area contributed by atoms with Crippen LogP contribution in [0.15, 0.2) is 11.6 Å². The van der Waals surface area contributed by atoms with E-state index in [0.717, 1.165) is 4.90 Å². The van der Waals surface area contributed by atoms with Gasteiger partial charge in [-0.15, -0.1) is 0 Å². The Morgan fingerprint density at radius 1 is 1.60 bits per heavy atom. The van der Waals surface area contributed by atoms with Crippen LogP contribution >= 0.6 is 0 Å². The van der Waals surface area contributed by atoms with E-state index < -0.39 is 36.3 Å². The molecule has 2 aliphatic rings. The number of halogens is 1. The van der Waals surface area contributed by atoms with Crippen LogP contribution in [0.4, 0.5) is 9.18 Å². The van der Waals surface area contributed by atoms with Gasteiger partial charge >= 0.3 is 24.9 Å². The zero-order valence-corrected chi connectivity index (χ0v) is 10.9. The first-order chi connectivity index (χ1) is 8.82. The van der Waals surface area contributed by atoms with Crippen molar-refractivity contribution in [2.45, 2.75) is 25.4 Å². The molecule has 3 amide bonds. The summed E-state index contributed by atoms with van der Waals surface area (Å²) >= 11 is 0. The van der Waals surface area contributed by atoms with Crippen molar-refractivity contribution in [3.05, 3.63) is 11.6 Å². The summed E-state index contributed by atoms with van der Waals surface area (Å²) in [6, 6.07) is -2.41. The third kappa shape index (κ3) is 2.65. The summed E-state index contributed by atoms with van der Waals surface area (Å²) in [5, 5.41) is 10.8. The molecule has 1 saturated heterocycles. The Morgan fingerprint density at radius 3 is 2.70 bits per heavy atom. The number of primary amides is 1. The van der Waals surface area contributed by atoms with E-state index in [1.54, 1.807) is 6.92 Å². The van der Waals surface area contributed by atoms with Gasteiger partial charge in [0, 0.05) is 0 Å². The third-order valence-corrected chi connectivity index (χ3v) is 2.98. The van der Waals surface area contributed by atoms with Gasteiger partial charge in [0.25, 0.3) is 6.36 Å². The molecule has 20 heavy (non-hydrogen) atoms. The number of hydrogen-bond acceptors (Lipinski definition) is 5. The topological polar surface area (TPSA) is 116 Å². The van der Waals surface area contributed by atoms with Crippen molar-refractivity contribution in [2.24, 2.45) is 5.73 Å². The molecule has 2 N–H and O–H groups in total. The molecule has 0 aromatic heterocycles. The fraction of sp³-hybridized carbons (Fsp3) is 0.500. The van der Waals surface area contributed by atoms with Gasteiger partial charge in [-0.1, -0.05) is 6.08 Å². The molecule has 2 bridgehead atoms. The molecular weight excluding hydrogens is 268 g/mol. The average molecular weight is 279 g/mol. The fourth-order valence-electron chi connectivity index (χ4n) is 2.24. The number of urea groups is 1. The summed E-state index contributed by atoms with van der Waals surface area (Å²) in [4.78, 5) is 39.0. The normalized spacial score (nSPS) is 25.9. The maximum Gasteiger partial charge on any atom is 1.00 e. The van der Waals surface area contributed by atoms with Gasteiger partial charge in [-0.25, -0.2) is 14.0 Å². The first-order valence-electron chi connectivity index (χ1n) is 5.42. The predicted octanol–water partition coefficient (Wildman–Crippen LogP) is -5.11. The van der Waals surface area contributed by atoms with Crippen molar-refractivity contribution >= 4 is 17.9 Å². The van der Waals surface area contributed by atoms with E-state index in [2.05, 4.69) is 4.84 Å². The first kappa shape index (κ1) is 16.5. The first-order valence-corrected chi connectivity index (χ1v) is 5.42. The van der Waals surface area contributed by atoms with Crippen molar-refractivity contribution in [2.75, 3.05) is 6.54 Å². The van der Waals surface area contributed by atoms with Crippen LogP contribution in [0.1, 0.15) is 6.92 Å². The van der Waals surface area contributed by atoms with E-state index in [1.165, 1.54) is 6.08 Å². The Kier molecular flexibility index (Phi) is 4.80. The third-order valence-electron chi connectivity index (χ3n) is 2.98. The zero-order chi connectivity index (χ0) is 14.3. The van der Waals surface area contributed by atoms with Gasteiger partial charge in [-0.05, 0) is 12.5 Å². The molecule has 3 atom stereocenters. The molecule has 104 valence electrons. The van der Waals surface area contributed by atoms with Crippen molar-refractivity contribution in [1.82, 2.24) is 9.96 Å². The number of carboxylic acid groups (broad SMARTS) is 1. The quantitative estimate of drug-likeness (QED) is 0.408. The summed E-state index contributed by atoms with van der Waals surface area (Å²) in [5.74, 6) is -2.81. The number of nitrogens with two attached hydrogens (primary N) is 1. The number of hydrogen-bond donors (Lipinski definition) is 1. The van der Waals surface area contributed by atoms with Crippen molar-refractivity contribution in [3.63, 3.8) is 0 Å². The molecule has 10 heteroatoms. The molecule has 0 unspecified atom stereocenters. The molecule has 0 spiro atoms. The molecule has 2 heterocycles. The molecule has 0 radical (unpaired) electrons. The number of carbonyl (C=O) groups is 3. The predicted molar refractivity (Wildman–Crippen MR) is 55.5 cm³/mol. The van der Waals surface area contributed by atoms with Crippen LogP contribution in [0.3, 0.4) is 0 Å². The Hall–Kier alpha value is -1.56. The van der Waals surface area contributed by atoms with Crippen molar-refractivity contribution in [1.29, 1.82) is 0 Å². The van der Waals surface area contributed by atoms with E-state index in [-0.39, 0.29) is 25.4 Å². The van der Waals surface area contributed by atoms with Gasteiger partial charge in [0.2, 0.25) is 5.91 Å². The minimum absolute atomic E-state index is 0. The number of rotatable bonds is 4. The second kappa shape index (κ2) is 5.83. The molecule has 8 nitrogen and oxygen atoms in total. The van der Waals surface area contributed by atoms with Crippen LogP contribution in [0, 0.1) is 0 Å². The van der Waals surface area contributed by atoms with Crippen LogP contribution in [0.2, 0.25) is 0 Å². The maximum atomic E-state index is 13.0. The molecular formula is C10H11FLiN3O5. The number of carboxylic acids is 1. The number of aliphatic carboxylic acids is 1. The molecule has 2 rings (SSSR count). The number of hydroxylamine groups is 2.